The van der Waals surface area contributed by atoms with Gasteiger partial charge in [0.1, 0.15) is 0 Å². The summed E-state index contributed by atoms with van der Waals surface area (Å²) in [5.74, 6) is 0. The Balaban J connectivity index is 0. The lowest BCUT2D eigenvalue weighted by atomic mass is 10.2. The maximum atomic E-state index is 2.08. The van der Waals surface area contributed by atoms with Crippen LogP contribution in [-0.4, -0.2) is 20.9 Å². The van der Waals surface area contributed by atoms with E-state index in [-0.39, 0.29) is 8.41 Å². The quantitative estimate of drug-likeness (QED) is 0.532. The highest BCUT2D eigenvalue weighted by Crippen LogP contribution is 1.92. The van der Waals surface area contributed by atoms with Gasteiger partial charge in [0.2, 0.25) is 0 Å². The SMILES string of the molecule is B.CSC.Cc1ccccc1. The van der Waals surface area contributed by atoms with Crippen molar-refractivity contribution < 1.29 is 0 Å². The summed E-state index contributed by atoms with van der Waals surface area (Å²) in [6.07, 6.45) is 4.08. The minimum atomic E-state index is 0. The van der Waals surface area contributed by atoms with E-state index < -0.39 is 0 Å². The van der Waals surface area contributed by atoms with E-state index in [1.165, 1.54) is 5.56 Å². The third kappa shape index (κ3) is 9.63. The highest BCUT2D eigenvalue weighted by molar-refractivity contribution is 7.97. The molecule has 0 saturated carbocycles. The predicted molar refractivity (Wildman–Crippen MR) is 60.6 cm³/mol. The molecule has 0 aliphatic heterocycles. The number of thioether (sulfide) groups is 1. The molecule has 1 rings (SSSR count). The molecule has 62 valence electrons. The van der Waals surface area contributed by atoms with E-state index in [0.717, 1.165) is 0 Å². The summed E-state index contributed by atoms with van der Waals surface area (Å²) in [5, 5.41) is 0. The van der Waals surface area contributed by atoms with Crippen LogP contribution in [0, 0.1) is 6.92 Å². The van der Waals surface area contributed by atoms with Crippen molar-refractivity contribution in [2.24, 2.45) is 0 Å². The molecule has 0 nitrogen and oxygen atoms in total. The van der Waals surface area contributed by atoms with Crippen molar-refractivity contribution >= 4 is 20.2 Å². The molecular weight excluding hydrogens is 151 g/mol. The minimum Gasteiger partial charge on any atom is -0.169 e. The fourth-order valence-electron chi connectivity index (χ4n) is 0.534. The average molecular weight is 168 g/mol. The molecule has 2 heteroatoms. The Kier molecular flexibility index (Phi) is 11.6. The first-order chi connectivity index (χ1) is 4.81. The molecule has 0 aromatic heterocycles. The van der Waals surface area contributed by atoms with Crippen LogP contribution < -0.4 is 0 Å². The summed E-state index contributed by atoms with van der Waals surface area (Å²) < 4.78 is 0. The van der Waals surface area contributed by atoms with Crippen LogP contribution >= 0.6 is 11.8 Å². The summed E-state index contributed by atoms with van der Waals surface area (Å²) in [4.78, 5) is 0. The van der Waals surface area contributed by atoms with Crippen LogP contribution in [0.2, 0.25) is 0 Å². The van der Waals surface area contributed by atoms with E-state index in [9.17, 15) is 0 Å². The van der Waals surface area contributed by atoms with E-state index in [4.69, 9.17) is 0 Å². The first kappa shape index (κ1) is 13.2. The summed E-state index contributed by atoms with van der Waals surface area (Å²) in [6, 6.07) is 10.3. The summed E-state index contributed by atoms with van der Waals surface area (Å²) in [6.45, 7) is 2.08. The van der Waals surface area contributed by atoms with Crippen LogP contribution in [-0.2, 0) is 0 Å². The summed E-state index contributed by atoms with van der Waals surface area (Å²) in [7, 11) is 0. The van der Waals surface area contributed by atoms with Gasteiger partial charge in [-0.3, -0.25) is 0 Å². The van der Waals surface area contributed by atoms with Crippen LogP contribution in [0.1, 0.15) is 5.56 Å². The van der Waals surface area contributed by atoms with E-state index in [0.29, 0.717) is 0 Å². The zero-order chi connectivity index (χ0) is 7.82. The largest absolute Gasteiger partial charge is 0.169 e. The van der Waals surface area contributed by atoms with Gasteiger partial charge in [-0.2, -0.15) is 11.8 Å². The Labute approximate surface area is 76.0 Å². The molecule has 0 heterocycles. The van der Waals surface area contributed by atoms with Crippen molar-refractivity contribution in [1.29, 1.82) is 0 Å². The molecule has 0 saturated heterocycles. The van der Waals surface area contributed by atoms with E-state index in [2.05, 4.69) is 19.1 Å². The lowest BCUT2D eigenvalue weighted by Crippen LogP contribution is -1.62. The van der Waals surface area contributed by atoms with E-state index in [1.807, 2.05) is 30.7 Å². The monoisotopic (exact) mass is 168 g/mol. The third-order valence-electron chi connectivity index (χ3n) is 0.940. The highest BCUT2D eigenvalue weighted by Gasteiger charge is 1.72. The van der Waals surface area contributed by atoms with Crippen LogP contribution in [0.5, 0.6) is 0 Å². The maximum Gasteiger partial charge on any atom is 0.0814 e. The lowest BCUT2D eigenvalue weighted by molar-refractivity contribution is 1.48. The Hall–Kier alpha value is -0.365. The van der Waals surface area contributed by atoms with Gasteiger partial charge in [-0.15, -0.1) is 0 Å². The normalized spacial score (nSPS) is 7.18. The molecule has 0 bridgehead atoms. The van der Waals surface area contributed by atoms with Crippen LogP contribution in [0.3, 0.4) is 0 Å². The molecule has 0 spiro atoms. The Morgan fingerprint density at radius 2 is 1.36 bits per heavy atom. The first-order valence-corrected chi connectivity index (χ1v) is 4.86. The van der Waals surface area contributed by atoms with Gasteiger partial charge in [0.25, 0.3) is 0 Å². The van der Waals surface area contributed by atoms with Crippen molar-refractivity contribution in [2.75, 3.05) is 12.5 Å². The second-order valence-corrected chi connectivity index (χ2v) is 2.88. The fourth-order valence-corrected chi connectivity index (χ4v) is 0.534. The molecule has 0 fully saturated rings. The zero-order valence-corrected chi connectivity index (χ0v) is 7.61. The van der Waals surface area contributed by atoms with Crippen molar-refractivity contribution in [3.05, 3.63) is 35.9 Å². The van der Waals surface area contributed by atoms with E-state index in [1.54, 1.807) is 11.8 Å². The Morgan fingerprint density at radius 3 is 1.55 bits per heavy atom. The predicted octanol–water partition coefficient (Wildman–Crippen LogP) is 1.79. The van der Waals surface area contributed by atoms with Crippen LogP contribution in [0.15, 0.2) is 30.3 Å². The lowest BCUT2D eigenvalue weighted by Gasteiger charge is -1.82. The first-order valence-electron chi connectivity index (χ1n) is 3.23. The van der Waals surface area contributed by atoms with Crippen molar-refractivity contribution in [3.8, 4) is 0 Å². The van der Waals surface area contributed by atoms with Crippen molar-refractivity contribution in [2.45, 2.75) is 6.92 Å². The van der Waals surface area contributed by atoms with Crippen molar-refractivity contribution in [1.82, 2.24) is 0 Å². The molecule has 0 radical (unpaired) electrons. The van der Waals surface area contributed by atoms with Gasteiger partial charge in [0, 0.05) is 0 Å². The molecular formula is C9H17BS. The number of hydrogen-bond donors (Lipinski definition) is 0. The van der Waals surface area contributed by atoms with Crippen molar-refractivity contribution in [3.63, 3.8) is 0 Å². The fraction of sp³-hybridized carbons (Fsp3) is 0.333. The molecule has 0 atom stereocenters. The molecule has 0 unspecified atom stereocenters. The number of rotatable bonds is 0. The molecule has 0 aliphatic rings. The Morgan fingerprint density at radius 1 is 1.00 bits per heavy atom. The number of hydrogen-bond acceptors (Lipinski definition) is 1. The minimum absolute atomic E-state index is 0. The van der Waals surface area contributed by atoms with Crippen LogP contribution in [0.25, 0.3) is 0 Å². The third-order valence-corrected chi connectivity index (χ3v) is 0.940. The second-order valence-electron chi connectivity index (χ2n) is 2.06. The van der Waals surface area contributed by atoms with Gasteiger partial charge in [-0.1, -0.05) is 35.9 Å². The van der Waals surface area contributed by atoms with Gasteiger partial charge >= 0.3 is 0 Å². The molecule has 1 aromatic carbocycles. The van der Waals surface area contributed by atoms with Crippen LogP contribution in [0.4, 0.5) is 0 Å². The second kappa shape index (κ2) is 9.63. The van der Waals surface area contributed by atoms with Gasteiger partial charge in [0.05, 0.1) is 8.41 Å². The van der Waals surface area contributed by atoms with Gasteiger partial charge in [0.15, 0.2) is 0 Å². The molecule has 0 amide bonds. The maximum absolute atomic E-state index is 2.08. The summed E-state index contributed by atoms with van der Waals surface area (Å²) in [5.41, 5.74) is 1.32. The molecule has 0 N–H and O–H groups in total. The van der Waals surface area contributed by atoms with Gasteiger partial charge < -0.3 is 0 Å². The Bertz CT molecular complexity index is 151. The smallest absolute Gasteiger partial charge is 0.0814 e. The molecule has 0 aliphatic carbocycles. The van der Waals surface area contributed by atoms with Gasteiger partial charge in [-0.25, -0.2) is 0 Å². The summed E-state index contributed by atoms with van der Waals surface area (Å²) >= 11 is 1.75. The zero-order valence-electron chi connectivity index (χ0n) is 6.79. The topological polar surface area (TPSA) is 0 Å². The number of aryl methyl sites for hydroxylation is 1. The van der Waals surface area contributed by atoms with Gasteiger partial charge in [-0.05, 0) is 19.4 Å². The number of benzene rings is 1. The van der Waals surface area contributed by atoms with E-state index >= 15 is 0 Å². The average Bonchev–Trinajstić information content (AvgIpc) is 1.91. The molecule has 11 heavy (non-hydrogen) atoms. The standard InChI is InChI=1S/C7H8.C2H6S.BH3/c1-7-5-3-2-4-6-7;1-3-2;/h2-6H,1H3;1-2H3;1H3. The molecule has 1 aromatic rings. The highest BCUT2D eigenvalue weighted by atomic mass is 32.2.